The second kappa shape index (κ2) is 6.00. The van der Waals surface area contributed by atoms with Crippen molar-refractivity contribution in [2.45, 2.75) is 25.8 Å². The van der Waals surface area contributed by atoms with E-state index in [-0.39, 0.29) is 0 Å². The fourth-order valence-electron chi connectivity index (χ4n) is 2.45. The Labute approximate surface area is 109 Å². The van der Waals surface area contributed by atoms with Gasteiger partial charge in [-0.25, -0.2) is 9.97 Å². The van der Waals surface area contributed by atoms with Crippen LogP contribution in [0.4, 0.5) is 11.6 Å². The van der Waals surface area contributed by atoms with Crippen LogP contribution in [0.1, 0.15) is 19.8 Å². The molecule has 0 bridgehead atoms. The molecule has 1 atom stereocenters. The summed E-state index contributed by atoms with van der Waals surface area (Å²) in [5.74, 6) is 2.05. The van der Waals surface area contributed by atoms with Crippen LogP contribution in [0.25, 0.3) is 0 Å². The summed E-state index contributed by atoms with van der Waals surface area (Å²) in [6.45, 7) is 5.19. The maximum atomic E-state index is 4.43. The molecular weight excluding hydrogens is 226 g/mol. The Balaban J connectivity index is 2.17. The van der Waals surface area contributed by atoms with Crippen LogP contribution in [0.15, 0.2) is 12.4 Å². The van der Waals surface area contributed by atoms with Gasteiger partial charge in [-0.2, -0.15) is 0 Å². The molecule has 5 heteroatoms. The monoisotopic (exact) mass is 249 g/mol. The number of aromatic nitrogens is 2. The highest BCUT2D eigenvalue weighted by Crippen LogP contribution is 2.25. The topological polar surface area (TPSA) is 44.3 Å². The SMILES string of the molecule is CCN(C)c1cc(N2CCCC2CNC)ncn1. The van der Waals surface area contributed by atoms with Crippen molar-refractivity contribution < 1.29 is 0 Å². The van der Waals surface area contributed by atoms with Gasteiger partial charge in [-0.3, -0.25) is 0 Å². The summed E-state index contributed by atoms with van der Waals surface area (Å²) in [6.07, 6.45) is 4.16. The first-order valence-electron chi connectivity index (χ1n) is 6.70. The maximum Gasteiger partial charge on any atom is 0.134 e. The van der Waals surface area contributed by atoms with Crippen LogP contribution >= 0.6 is 0 Å². The molecule has 0 saturated carbocycles. The molecule has 1 fully saturated rings. The van der Waals surface area contributed by atoms with Crippen LogP contribution in [0.5, 0.6) is 0 Å². The van der Waals surface area contributed by atoms with Gasteiger partial charge >= 0.3 is 0 Å². The van der Waals surface area contributed by atoms with Gasteiger partial charge in [0.15, 0.2) is 0 Å². The molecule has 1 aliphatic heterocycles. The summed E-state index contributed by atoms with van der Waals surface area (Å²) >= 11 is 0. The van der Waals surface area contributed by atoms with Crippen molar-refractivity contribution in [2.24, 2.45) is 0 Å². The van der Waals surface area contributed by atoms with E-state index in [9.17, 15) is 0 Å². The molecule has 2 rings (SSSR count). The fourth-order valence-corrected chi connectivity index (χ4v) is 2.45. The zero-order chi connectivity index (χ0) is 13.0. The number of hydrogen-bond acceptors (Lipinski definition) is 5. The Hall–Kier alpha value is -1.36. The molecule has 0 aliphatic carbocycles. The first-order valence-corrected chi connectivity index (χ1v) is 6.70. The lowest BCUT2D eigenvalue weighted by Crippen LogP contribution is -2.37. The molecule has 1 unspecified atom stereocenters. The van der Waals surface area contributed by atoms with E-state index in [1.807, 2.05) is 7.05 Å². The highest BCUT2D eigenvalue weighted by Gasteiger charge is 2.25. The number of nitrogens with zero attached hydrogens (tertiary/aromatic N) is 4. The van der Waals surface area contributed by atoms with E-state index in [1.165, 1.54) is 12.8 Å². The number of rotatable bonds is 5. The first-order chi connectivity index (χ1) is 8.76. The molecule has 0 amide bonds. The molecule has 1 saturated heterocycles. The maximum absolute atomic E-state index is 4.43. The van der Waals surface area contributed by atoms with E-state index < -0.39 is 0 Å². The predicted molar refractivity (Wildman–Crippen MR) is 75.3 cm³/mol. The van der Waals surface area contributed by atoms with Crippen LogP contribution < -0.4 is 15.1 Å². The lowest BCUT2D eigenvalue weighted by Gasteiger charge is -2.26. The number of hydrogen-bond donors (Lipinski definition) is 1. The van der Waals surface area contributed by atoms with Crippen LogP contribution in [-0.4, -0.2) is 49.7 Å². The van der Waals surface area contributed by atoms with Crippen LogP contribution in [-0.2, 0) is 0 Å². The predicted octanol–water partition coefficient (Wildman–Crippen LogP) is 1.12. The van der Waals surface area contributed by atoms with Crippen molar-refractivity contribution in [3.63, 3.8) is 0 Å². The van der Waals surface area contributed by atoms with Crippen molar-refractivity contribution in [1.29, 1.82) is 0 Å². The van der Waals surface area contributed by atoms with Gasteiger partial charge in [0, 0.05) is 38.8 Å². The molecule has 2 heterocycles. The summed E-state index contributed by atoms with van der Waals surface area (Å²) < 4.78 is 0. The molecule has 0 aromatic carbocycles. The Morgan fingerprint density at radius 2 is 2.33 bits per heavy atom. The average molecular weight is 249 g/mol. The minimum atomic E-state index is 0.560. The van der Waals surface area contributed by atoms with Gasteiger partial charge in [-0.1, -0.05) is 0 Å². The van der Waals surface area contributed by atoms with Gasteiger partial charge in [0.2, 0.25) is 0 Å². The second-order valence-corrected chi connectivity index (χ2v) is 4.80. The molecule has 5 nitrogen and oxygen atoms in total. The summed E-state index contributed by atoms with van der Waals surface area (Å²) in [5.41, 5.74) is 0. The molecule has 1 aliphatic rings. The molecule has 100 valence electrons. The molecule has 0 radical (unpaired) electrons. The Kier molecular flexibility index (Phi) is 4.36. The van der Waals surface area contributed by atoms with Crippen molar-refractivity contribution in [1.82, 2.24) is 15.3 Å². The van der Waals surface area contributed by atoms with Gasteiger partial charge in [0.05, 0.1) is 0 Å². The lowest BCUT2D eigenvalue weighted by atomic mass is 10.2. The lowest BCUT2D eigenvalue weighted by molar-refractivity contribution is 0.611. The van der Waals surface area contributed by atoms with Crippen LogP contribution in [0.2, 0.25) is 0 Å². The minimum absolute atomic E-state index is 0.560. The molecule has 1 aromatic heterocycles. The first kappa shape index (κ1) is 13.1. The van der Waals surface area contributed by atoms with Gasteiger partial charge in [-0.05, 0) is 26.8 Å². The Bertz CT molecular complexity index is 381. The van der Waals surface area contributed by atoms with Crippen molar-refractivity contribution in [3.05, 3.63) is 12.4 Å². The second-order valence-electron chi connectivity index (χ2n) is 4.80. The van der Waals surface area contributed by atoms with Gasteiger partial charge in [0.1, 0.15) is 18.0 Å². The fraction of sp³-hybridized carbons (Fsp3) is 0.692. The van der Waals surface area contributed by atoms with E-state index in [4.69, 9.17) is 0 Å². The van der Waals surface area contributed by atoms with Gasteiger partial charge < -0.3 is 15.1 Å². The zero-order valence-corrected chi connectivity index (χ0v) is 11.6. The van der Waals surface area contributed by atoms with E-state index in [0.29, 0.717) is 6.04 Å². The molecule has 0 spiro atoms. The Morgan fingerprint density at radius 3 is 3.06 bits per heavy atom. The molecule has 18 heavy (non-hydrogen) atoms. The van der Waals surface area contributed by atoms with E-state index >= 15 is 0 Å². The molecule has 1 N–H and O–H groups in total. The minimum Gasteiger partial charge on any atom is -0.360 e. The summed E-state index contributed by atoms with van der Waals surface area (Å²) in [6, 6.07) is 2.65. The summed E-state index contributed by atoms with van der Waals surface area (Å²) in [7, 11) is 4.06. The standard InChI is InChI=1S/C13H23N5/c1-4-17(3)12-8-13(16-10-15-12)18-7-5-6-11(18)9-14-2/h8,10-11,14H,4-7,9H2,1-3H3. The number of anilines is 2. The largest absolute Gasteiger partial charge is 0.360 e. The normalized spacial score (nSPS) is 19.3. The summed E-state index contributed by atoms with van der Waals surface area (Å²) in [4.78, 5) is 13.3. The third-order valence-electron chi connectivity index (χ3n) is 3.61. The Morgan fingerprint density at radius 1 is 1.50 bits per heavy atom. The number of likely N-dealkylation sites (N-methyl/N-ethyl adjacent to an activating group) is 1. The zero-order valence-electron chi connectivity index (χ0n) is 11.6. The van der Waals surface area contributed by atoms with E-state index in [2.05, 4.69) is 45.1 Å². The summed E-state index contributed by atoms with van der Waals surface area (Å²) in [5, 5.41) is 3.26. The van der Waals surface area contributed by atoms with Crippen LogP contribution in [0.3, 0.4) is 0 Å². The highest BCUT2D eigenvalue weighted by atomic mass is 15.3. The highest BCUT2D eigenvalue weighted by molar-refractivity contribution is 5.50. The molecule has 1 aromatic rings. The van der Waals surface area contributed by atoms with Crippen molar-refractivity contribution >= 4 is 11.6 Å². The third kappa shape index (κ3) is 2.72. The number of nitrogens with one attached hydrogen (secondary N) is 1. The van der Waals surface area contributed by atoms with E-state index in [1.54, 1.807) is 6.33 Å². The van der Waals surface area contributed by atoms with E-state index in [0.717, 1.165) is 31.3 Å². The van der Waals surface area contributed by atoms with Crippen molar-refractivity contribution in [3.8, 4) is 0 Å². The van der Waals surface area contributed by atoms with Crippen LogP contribution in [0, 0.1) is 0 Å². The van der Waals surface area contributed by atoms with Crippen molar-refractivity contribution in [2.75, 3.05) is 43.5 Å². The smallest absolute Gasteiger partial charge is 0.134 e. The molecular formula is C13H23N5. The van der Waals surface area contributed by atoms with Gasteiger partial charge in [0.25, 0.3) is 0 Å². The third-order valence-corrected chi connectivity index (χ3v) is 3.61. The quantitative estimate of drug-likeness (QED) is 0.847. The average Bonchev–Trinajstić information content (AvgIpc) is 2.87. The van der Waals surface area contributed by atoms with Gasteiger partial charge in [-0.15, -0.1) is 0 Å².